The Bertz CT molecular complexity index is 401. The van der Waals surface area contributed by atoms with Crippen molar-refractivity contribution in [3.63, 3.8) is 0 Å². The van der Waals surface area contributed by atoms with Crippen molar-refractivity contribution < 1.29 is 0 Å². The average Bonchev–Trinajstić information content (AvgIpc) is 3.10. The van der Waals surface area contributed by atoms with Crippen LogP contribution in [0.2, 0.25) is 0 Å². The molecule has 1 N–H and O–H groups in total. The summed E-state index contributed by atoms with van der Waals surface area (Å²) >= 11 is 1.84. The third-order valence-corrected chi connectivity index (χ3v) is 4.98. The van der Waals surface area contributed by atoms with Gasteiger partial charge < -0.3 is 5.32 Å². The maximum Gasteiger partial charge on any atom is 0.0928 e. The normalized spacial score (nSPS) is 17.4. The van der Waals surface area contributed by atoms with E-state index in [9.17, 15) is 0 Å². The molecular weight excluding hydrogens is 264 g/mol. The highest BCUT2D eigenvalue weighted by Gasteiger charge is 2.30. The molecule has 1 heterocycles. The first-order valence-electron chi connectivity index (χ1n) is 8.19. The molecular formula is C17H30N2S. The van der Waals surface area contributed by atoms with E-state index in [-0.39, 0.29) is 5.41 Å². The number of aryl methyl sites for hydroxylation is 1. The van der Waals surface area contributed by atoms with Crippen LogP contribution in [0, 0.1) is 5.92 Å². The van der Waals surface area contributed by atoms with Gasteiger partial charge in [0.2, 0.25) is 0 Å². The van der Waals surface area contributed by atoms with Gasteiger partial charge >= 0.3 is 0 Å². The summed E-state index contributed by atoms with van der Waals surface area (Å²) in [7, 11) is 0. The van der Waals surface area contributed by atoms with Gasteiger partial charge in [0.1, 0.15) is 0 Å². The van der Waals surface area contributed by atoms with E-state index in [1.807, 2.05) is 11.3 Å². The average molecular weight is 295 g/mol. The van der Waals surface area contributed by atoms with Gasteiger partial charge in [-0.3, -0.25) is 0 Å². The number of hydrogen-bond donors (Lipinski definition) is 1. The van der Waals surface area contributed by atoms with E-state index in [1.54, 1.807) is 0 Å². The molecule has 0 amide bonds. The second kappa shape index (κ2) is 7.04. The highest BCUT2D eigenvalue weighted by Crippen LogP contribution is 2.35. The summed E-state index contributed by atoms with van der Waals surface area (Å²) in [5, 5.41) is 7.29. The van der Waals surface area contributed by atoms with Crippen LogP contribution in [-0.2, 0) is 11.8 Å². The van der Waals surface area contributed by atoms with Crippen molar-refractivity contribution in [2.75, 3.05) is 6.54 Å². The van der Waals surface area contributed by atoms with Crippen molar-refractivity contribution in [1.82, 2.24) is 10.3 Å². The molecule has 2 nitrogen and oxygen atoms in total. The molecule has 0 radical (unpaired) electrons. The molecule has 1 saturated carbocycles. The van der Waals surface area contributed by atoms with Crippen LogP contribution in [0.3, 0.4) is 0 Å². The Morgan fingerprint density at radius 1 is 1.40 bits per heavy atom. The molecule has 20 heavy (non-hydrogen) atoms. The van der Waals surface area contributed by atoms with E-state index >= 15 is 0 Å². The summed E-state index contributed by atoms with van der Waals surface area (Å²) < 4.78 is 0. The second-order valence-electron chi connectivity index (χ2n) is 7.17. The van der Waals surface area contributed by atoms with Crippen molar-refractivity contribution in [3.8, 4) is 0 Å². The van der Waals surface area contributed by atoms with E-state index in [4.69, 9.17) is 4.98 Å². The van der Waals surface area contributed by atoms with Gasteiger partial charge in [-0.25, -0.2) is 4.98 Å². The monoisotopic (exact) mass is 294 g/mol. The van der Waals surface area contributed by atoms with Crippen molar-refractivity contribution in [3.05, 3.63) is 16.1 Å². The van der Waals surface area contributed by atoms with E-state index in [0.717, 1.165) is 18.4 Å². The minimum Gasteiger partial charge on any atom is -0.314 e. The fourth-order valence-electron chi connectivity index (χ4n) is 2.58. The lowest BCUT2D eigenvalue weighted by Gasteiger charge is -2.17. The molecule has 0 aromatic carbocycles. The third kappa shape index (κ3) is 4.85. The Balaban J connectivity index is 1.75. The lowest BCUT2D eigenvalue weighted by molar-refractivity contribution is 0.424. The van der Waals surface area contributed by atoms with Crippen molar-refractivity contribution >= 4 is 11.3 Å². The van der Waals surface area contributed by atoms with Gasteiger partial charge in [0.15, 0.2) is 0 Å². The van der Waals surface area contributed by atoms with Gasteiger partial charge in [0, 0.05) is 16.8 Å². The van der Waals surface area contributed by atoms with Crippen LogP contribution in [0.4, 0.5) is 0 Å². The molecule has 2 rings (SSSR count). The van der Waals surface area contributed by atoms with Gasteiger partial charge in [-0.05, 0) is 51.0 Å². The number of hydrogen-bond acceptors (Lipinski definition) is 3. The second-order valence-corrected chi connectivity index (χ2v) is 8.11. The Kier molecular flexibility index (Phi) is 5.62. The van der Waals surface area contributed by atoms with E-state index < -0.39 is 0 Å². The molecule has 1 atom stereocenters. The molecule has 1 fully saturated rings. The van der Waals surface area contributed by atoms with Crippen molar-refractivity contribution in [2.45, 2.75) is 77.7 Å². The van der Waals surface area contributed by atoms with Crippen molar-refractivity contribution in [1.29, 1.82) is 0 Å². The highest BCUT2D eigenvalue weighted by molar-refractivity contribution is 7.09. The van der Waals surface area contributed by atoms with Crippen LogP contribution in [0.1, 0.15) is 70.5 Å². The van der Waals surface area contributed by atoms with Gasteiger partial charge in [-0.2, -0.15) is 0 Å². The smallest absolute Gasteiger partial charge is 0.0928 e. The van der Waals surface area contributed by atoms with Crippen molar-refractivity contribution in [2.24, 2.45) is 5.92 Å². The van der Waals surface area contributed by atoms with E-state index in [0.29, 0.717) is 0 Å². The summed E-state index contributed by atoms with van der Waals surface area (Å²) in [4.78, 5) is 4.80. The predicted octanol–water partition coefficient (Wildman–Crippen LogP) is 4.54. The molecule has 0 bridgehead atoms. The standard InChI is InChI=1S/C17H30N2S/c1-5-11-18-14(13-9-10-13)7-6-8-16-19-15(12-20-16)17(2,3)4/h12-14,18H,5-11H2,1-4H3. The number of thiazole rings is 1. The fourth-order valence-corrected chi connectivity index (χ4v) is 3.64. The van der Waals surface area contributed by atoms with Gasteiger partial charge in [-0.1, -0.05) is 27.7 Å². The topological polar surface area (TPSA) is 24.9 Å². The fraction of sp³-hybridized carbons (Fsp3) is 0.824. The van der Waals surface area contributed by atoms with E-state index in [2.05, 4.69) is 38.4 Å². The number of nitrogens with one attached hydrogen (secondary N) is 1. The first kappa shape index (κ1) is 16.0. The SMILES string of the molecule is CCCNC(CCCc1nc(C(C)(C)C)cs1)C1CC1. The zero-order valence-electron chi connectivity index (χ0n) is 13.5. The van der Waals surface area contributed by atoms with Gasteiger partial charge in [-0.15, -0.1) is 11.3 Å². The predicted molar refractivity (Wildman–Crippen MR) is 88.6 cm³/mol. The van der Waals surface area contributed by atoms with Gasteiger partial charge in [0.25, 0.3) is 0 Å². The van der Waals surface area contributed by atoms with Crippen LogP contribution in [0.25, 0.3) is 0 Å². The molecule has 1 unspecified atom stereocenters. The lowest BCUT2D eigenvalue weighted by atomic mass is 9.93. The number of rotatable bonds is 8. The van der Waals surface area contributed by atoms with Crippen LogP contribution < -0.4 is 5.32 Å². The molecule has 1 aliphatic rings. The molecule has 1 aromatic heterocycles. The molecule has 1 aromatic rings. The summed E-state index contributed by atoms with van der Waals surface area (Å²) in [6, 6.07) is 0.761. The largest absolute Gasteiger partial charge is 0.314 e. The molecule has 1 aliphatic carbocycles. The molecule has 3 heteroatoms. The molecule has 0 aliphatic heterocycles. The zero-order chi connectivity index (χ0) is 14.6. The Labute approximate surface area is 128 Å². The lowest BCUT2D eigenvalue weighted by Crippen LogP contribution is -2.31. The van der Waals surface area contributed by atoms with Crippen LogP contribution in [0.5, 0.6) is 0 Å². The Morgan fingerprint density at radius 3 is 2.70 bits per heavy atom. The Hall–Kier alpha value is -0.410. The van der Waals surface area contributed by atoms with Gasteiger partial charge in [0.05, 0.1) is 10.7 Å². The third-order valence-electron chi connectivity index (χ3n) is 4.07. The van der Waals surface area contributed by atoms with Crippen LogP contribution in [0.15, 0.2) is 5.38 Å². The molecule has 114 valence electrons. The summed E-state index contributed by atoms with van der Waals surface area (Å²) in [6.07, 6.45) is 7.85. The number of aromatic nitrogens is 1. The zero-order valence-corrected chi connectivity index (χ0v) is 14.4. The summed E-state index contributed by atoms with van der Waals surface area (Å²) in [6.45, 7) is 10.1. The van der Waals surface area contributed by atoms with Crippen LogP contribution in [-0.4, -0.2) is 17.6 Å². The van der Waals surface area contributed by atoms with Crippen LogP contribution >= 0.6 is 11.3 Å². The quantitative estimate of drug-likeness (QED) is 0.761. The summed E-state index contributed by atoms with van der Waals surface area (Å²) in [5.41, 5.74) is 1.44. The molecule has 0 saturated heterocycles. The first-order chi connectivity index (χ1) is 9.50. The maximum absolute atomic E-state index is 4.80. The summed E-state index contributed by atoms with van der Waals surface area (Å²) in [5.74, 6) is 0.961. The highest BCUT2D eigenvalue weighted by atomic mass is 32.1. The molecule has 0 spiro atoms. The minimum atomic E-state index is 0.188. The first-order valence-corrected chi connectivity index (χ1v) is 9.07. The minimum absolute atomic E-state index is 0.188. The number of nitrogens with zero attached hydrogens (tertiary/aromatic N) is 1. The Morgan fingerprint density at radius 2 is 2.15 bits per heavy atom. The maximum atomic E-state index is 4.80. The van der Waals surface area contributed by atoms with E-state index in [1.165, 1.54) is 49.4 Å².